The number of nitro groups is 1. The number of methoxy groups -OCH3 is 1. The van der Waals surface area contributed by atoms with E-state index in [1.807, 2.05) is 0 Å². The number of anilines is 1. The Hall–Kier alpha value is -5.52. The number of rotatable bonds is 6. The lowest BCUT2D eigenvalue weighted by Gasteiger charge is -2.23. The Morgan fingerprint density at radius 1 is 1.03 bits per heavy atom. The molecule has 3 N–H and O–H groups in total. The maximum atomic E-state index is 13.3. The standard InChI is InChI=1S/C26H18N4O8/c1-38-17-9-4-13(5-10-17)21-20(22(31)14-2-7-16(8-3-14)30(36)37)23(32)24(33)29(21)26-27-18-11-6-15(25(34)35)12-19(18)28-26/h2-12,21,31H,1H3,(H,27,28)(H,34,35)/b22-20+. The SMILES string of the molecule is COc1ccc(C2/C(=C(\O)c3ccc([N+](=O)[O-])cc3)C(=O)C(=O)N2c2nc3ccc(C(=O)O)cc3[nH]2)cc1. The van der Waals surface area contributed by atoms with Crippen LogP contribution in [-0.4, -0.2) is 49.9 Å². The number of carboxylic acids is 1. The predicted octanol–water partition coefficient (Wildman–Crippen LogP) is 3.80. The average molecular weight is 514 g/mol. The third-order valence-electron chi connectivity index (χ3n) is 6.17. The van der Waals surface area contributed by atoms with Crippen molar-refractivity contribution >= 4 is 46.1 Å². The number of aromatic amines is 1. The minimum absolute atomic E-state index is 0.000343. The highest BCUT2D eigenvalue weighted by molar-refractivity contribution is 6.51. The Kier molecular flexibility index (Phi) is 5.84. The number of aliphatic hydroxyl groups is 1. The summed E-state index contributed by atoms with van der Waals surface area (Å²) in [5.41, 5.74) is 0.765. The summed E-state index contributed by atoms with van der Waals surface area (Å²) in [7, 11) is 1.48. The van der Waals surface area contributed by atoms with E-state index in [2.05, 4.69) is 9.97 Å². The van der Waals surface area contributed by atoms with E-state index in [1.54, 1.807) is 24.3 Å². The molecule has 3 aromatic carbocycles. The highest BCUT2D eigenvalue weighted by atomic mass is 16.6. The molecular formula is C26H18N4O8. The molecule has 1 atom stereocenters. The number of carbonyl (C=O) groups is 3. The van der Waals surface area contributed by atoms with Crippen molar-refractivity contribution in [2.24, 2.45) is 0 Å². The highest BCUT2D eigenvalue weighted by Crippen LogP contribution is 2.42. The molecule has 0 bridgehead atoms. The number of imidazole rings is 1. The number of amides is 1. The molecule has 0 radical (unpaired) electrons. The van der Waals surface area contributed by atoms with Crippen LogP contribution in [0.25, 0.3) is 16.8 Å². The van der Waals surface area contributed by atoms with Crippen molar-refractivity contribution in [1.29, 1.82) is 0 Å². The van der Waals surface area contributed by atoms with E-state index in [-0.39, 0.29) is 28.3 Å². The van der Waals surface area contributed by atoms with E-state index in [0.717, 1.165) is 4.90 Å². The van der Waals surface area contributed by atoms with Crippen molar-refractivity contribution in [2.75, 3.05) is 12.0 Å². The van der Waals surface area contributed by atoms with Gasteiger partial charge in [0, 0.05) is 17.7 Å². The first-order valence-electron chi connectivity index (χ1n) is 11.1. The molecule has 12 nitrogen and oxygen atoms in total. The van der Waals surface area contributed by atoms with Gasteiger partial charge in [0.25, 0.3) is 11.5 Å². The van der Waals surface area contributed by atoms with Gasteiger partial charge in [-0.3, -0.25) is 24.6 Å². The van der Waals surface area contributed by atoms with Crippen molar-refractivity contribution in [3.8, 4) is 5.75 Å². The lowest BCUT2D eigenvalue weighted by molar-refractivity contribution is -0.384. The summed E-state index contributed by atoms with van der Waals surface area (Å²) in [5.74, 6) is -3.16. The van der Waals surface area contributed by atoms with E-state index >= 15 is 0 Å². The Balaban J connectivity index is 1.69. The van der Waals surface area contributed by atoms with Crippen LogP contribution in [0.4, 0.5) is 11.6 Å². The van der Waals surface area contributed by atoms with Gasteiger partial charge in [0.05, 0.1) is 40.2 Å². The van der Waals surface area contributed by atoms with Crippen molar-refractivity contribution in [3.63, 3.8) is 0 Å². The van der Waals surface area contributed by atoms with Crippen molar-refractivity contribution in [3.05, 3.63) is 99.1 Å². The molecule has 1 amide bonds. The summed E-state index contributed by atoms with van der Waals surface area (Å²) in [4.78, 5) is 56.8. The summed E-state index contributed by atoms with van der Waals surface area (Å²) in [6, 6.07) is 14.4. The number of hydrogen-bond donors (Lipinski definition) is 3. The number of H-pyrrole nitrogens is 1. The van der Waals surface area contributed by atoms with Gasteiger partial charge < -0.3 is 19.9 Å². The first-order valence-corrected chi connectivity index (χ1v) is 11.1. The largest absolute Gasteiger partial charge is 0.507 e. The molecule has 1 aliphatic heterocycles. The smallest absolute Gasteiger partial charge is 0.335 e. The van der Waals surface area contributed by atoms with Gasteiger partial charge in [-0.1, -0.05) is 12.1 Å². The number of ether oxygens (including phenoxy) is 1. The molecule has 1 unspecified atom stereocenters. The molecule has 190 valence electrons. The number of aromatic nitrogens is 2. The molecule has 0 spiro atoms. The normalized spacial score (nSPS) is 16.7. The monoisotopic (exact) mass is 514 g/mol. The number of nitrogens with zero attached hydrogens (tertiary/aromatic N) is 3. The van der Waals surface area contributed by atoms with Crippen molar-refractivity contribution < 1.29 is 34.3 Å². The molecule has 1 saturated heterocycles. The predicted molar refractivity (Wildman–Crippen MR) is 134 cm³/mol. The maximum absolute atomic E-state index is 13.3. The third kappa shape index (κ3) is 3.99. The molecule has 0 aliphatic carbocycles. The van der Waals surface area contributed by atoms with E-state index in [1.165, 1.54) is 49.6 Å². The van der Waals surface area contributed by atoms with Crippen LogP contribution in [0.15, 0.2) is 72.3 Å². The van der Waals surface area contributed by atoms with Crippen LogP contribution in [0.3, 0.4) is 0 Å². The maximum Gasteiger partial charge on any atom is 0.335 e. The van der Waals surface area contributed by atoms with Crippen LogP contribution >= 0.6 is 0 Å². The number of nitro benzene ring substituents is 1. The average Bonchev–Trinajstić information content (AvgIpc) is 3.45. The van der Waals surface area contributed by atoms with Gasteiger partial charge >= 0.3 is 11.9 Å². The lowest BCUT2D eigenvalue weighted by atomic mass is 9.95. The van der Waals surface area contributed by atoms with E-state index in [9.17, 15) is 34.7 Å². The molecular weight excluding hydrogens is 496 g/mol. The Morgan fingerprint density at radius 3 is 2.29 bits per heavy atom. The number of non-ortho nitro benzene ring substituents is 1. The topological polar surface area (TPSA) is 176 Å². The lowest BCUT2D eigenvalue weighted by Crippen LogP contribution is -2.30. The molecule has 38 heavy (non-hydrogen) atoms. The highest BCUT2D eigenvalue weighted by Gasteiger charge is 2.48. The minimum Gasteiger partial charge on any atom is -0.507 e. The van der Waals surface area contributed by atoms with Gasteiger partial charge in [-0.25, -0.2) is 9.78 Å². The Morgan fingerprint density at radius 2 is 1.68 bits per heavy atom. The van der Waals surface area contributed by atoms with Gasteiger partial charge in [-0.15, -0.1) is 0 Å². The number of aromatic carboxylic acids is 1. The van der Waals surface area contributed by atoms with Crippen LogP contribution in [0.1, 0.15) is 27.5 Å². The van der Waals surface area contributed by atoms with Gasteiger partial charge in [-0.2, -0.15) is 0 Å². The van der Waals surface area contributed by atoms with Gasteiger partial charge in [0.2, 0.25) is 5.95 Å². The first kappa shape index (κ1) is 24.2. The number of carbonyl (C=O) groups excluding carboxylic acids is 2. The molecule has 1 aromatic heterocycles. The second-order valence-electron chi connectivity index (χ2n) is 8.34. The van der Waals surface area contributed by atoms with Crippen molar-refractivity contribution in [1.82, 2.24) is 9.97 Å². The molecule has 2 heterocycles. The number of Topliss-reactive ketones (excluding diaryl/α,β-unsaturated/α-hetero) is 1. The number of ketones is 1. The quantitative estimate of drug-likeness (QED) is 0.114. The zero-order chi connectivity index (χ0) is 27.1. The summed E-state index contributed by atoms with van der Waals surface area (Å²) in [6.45, 7) is 0. The Labute approximate surface area is 213 Å². The number of hydrogen-bond acceptors (Lipinski definition) is 8. The number of fused-ring (bicyclic) bond motifs is 1. The van der Waals surface area contributed by atoms with E-state index in [0.29, 0.717) is 22.3 Å². The van der Waals surface area contributed by atoms with Crippen LogP contribution in [0, 0.1) is 10.1 Å². The second-order valence-corrected chi connectivity index (χ2v) is 8.34. The number of aliphatic hydroxyl groups excluding tert-OH is 1. The summed E-state index contributed by atoms with van der Waals surface area (Å²) < 4.78 is 5.20. The fourth-order valence-electron chi connectivity index (χ4n) is 4.29. The second kappa shape index (κ2) is 9.17. The molecule has 0 saturated carbocycles. The summed E-state index contributed by atoms with van der Waals surface area (Å²) in [6.07, 6.45) is 0. The van der Waals surface area contributed by atoms with E-state index in [4.69, 9.17) is 4.74 Å². The molecule has 12 heteroatoms. The molecule has 4 aromatic rings. The van der Waals surface area contributed by atoms with Gasteiger partial charge in [0.1, 0.15) is 11.5 Å². The summed E-state index contributed by atoms with van der Waals surface area (Å²) >= 11 is 0. The van der Waals surface area contributed by atoms with Gasteiger partial charge in [-0.05, 0) is 48.0 Å². The number of benzene rings is 3. The number of nitrogens with one attached hydrogen (secondary N) is 1. The zero-order valence-corrected chi connectivity index (χ0v) is 19.6. The minimum atomic E-state index is -1.15. The fourth-order valence-corrected chi connectivity index (χ4v) is 4.29. The molecule has 5 rings (SSSR count). The molecule has 1 fully saturated rings. The van der Waals surface area contributed by atoms with Gasteiger partial charge in [0.15, 0.2) is 0 Å². The van der Waals surface area contributed by atoms with Crippen LogP contribution < -0.4 is 9.64 Å². The first-order chi connectivity index (χ1) is 18.2. The van der Waals surface area contributed by atoms with Crippen LogP contribution in [0.2, 0.25) is 0 Å². The van der Waals surface area contributed by atoms with Crippen molar-refractivity contribution in [2.45, 2.75) is 6.04 Å². The molecule has 1 aliphatic rings. The third-order valence-corrected chi connectivity index (χ3v) is 6.17. The van der Waals surface area contributed by atoms with Crippen LogP contribution in [0.5, 0.6) is 5.75 Å². The summed E-state index contributed by atoms with van der Waals surface area (Å²) in [5, 5.41) is 31.5. The van der Waals surface area contributed by atoms with E-state index < -0.39 is 34.4 Å². The Bertz CT molecular complexity index is 1660. The fraction of sp³-hybridized carbons (Fsp3) is 0.0769. The zero-order valence-electron chi connectivity index (χ0n) is 19.6. The van der Waals surface area contributed by atoms with Crippen LogP contribution in [-0.2, 0) is 9.59 Å². The number of carboxylic acid groups (broad SMARTS) is 1.